The van der Waals surface area contributed by atoms with Crippen molar-refractivity contribution < 1.29 is 28.6 Å². The van der Waals surface area contributed by atoms with E-state index in [1.165, 1.54) is 27.1 Å². The van der Waals surface area contributed by atoms with E-state index < -0.39 is 18.2 Å². The van der Waals surface area contributed by atoms with E-state index in [-0.39, 0.29) is 23.9 Å². The van der Waals surface area contributed by atoms with E-state index in [1.807, 2.05) is 0 Å². The number of hydrogen-bond donors (Lipinski definition) is 2. The predicted molar refractivity (Wildman–Crippen MR) is 84.2 cm³/mol. The van der Waals surface area contributed by atoms with Crippen LogP contribution in [0, 0.1) is 0 Å². The van der Waals surface area contributed by atoms with Gasteiger partial charge in [-0.05, 0) is 24.1 Å². The Morgan fingerprint density at radius 2 is 1.78 bits per heavy atom. The minimum Gasteiger partial charge on any atom is -0.453 e. The van der Waals surface area contributed by atoms with Gasteiger partial charge in [-0.2, -0.15) is 0 Å². The summed E-state index contributed by atoms with van der Waals surface area (Å²) in [5, 5.41) is 4.84. The first-order valence-electron chi connectivity index (χ1n) is 6.49. The van der Waals surface area contributed by atoms with E-state index in [1.54, 1.807) is 12.1 Å². The minimum absolute atomic E-state index is 0. The number of benzene rings is 1. The van der Waals surface area contributed by atoms with E-state index in [0.717, 1.165) is 5.56 Å². The molecule has 2 amide bonds. The largest absolute Gasteiger partial charge is 0.453 e. The number of hydrogen-bond acceptors (Lipinski definition) is 6. The van der Waals surface area contributed by atoms with E-state index in [2.05, 4.69) is 15.4 Å². The van der Waals surface area contributed by atoms with Crippen molar-refractivity contribution in [1.82, 2.24) is 10.6 Å². The molecule has 0 bridgehead atoms. The molecule has 0 atom stereocenters. The predicted octanol–water partition coefficient (Wildman–Crippen LogP) is 1.65. The number of esters is 1. The van der Waals surface area contributed by atoms with Gasteiger partial charge in [0.25, 0.3) is 0 Å². The Kier molecular flexibility index (Phi) is 9.17. The quantitative estimate of drug-likeness (QED) is 0.620. The summed E-state index contributed by atoms with van der Waals surface area (Å²) in [5.41, 5.74) is 0.784. The van der Waals surface area contributed by atoms with Crippen LogP contribution in [0.1, 0.15) is 12.5 Å². The molecule has 0 aliphatic carbocycles. The molecule has 0 heterocycles. The topological polar surface area (TPSA) is 103 Å². The molecule has 1 aromatic rings. The highest BCUT2D eigenvalue weighted by molar-refractivity contribution is 5.85. The number of carbonyl (C=O) groups excluding carboxylic acids is 3. The summed E-state index contributed by atoms with van der Waals surface area (Å²) in [7, 11) is 2.69. The first-order chi connectivity index (χ1) is 10.5. The van der Waals surface area contributed by atoms with Crippen LogP contribution < -0.4 is 20.1 Å². The Labute approximate surface area is 139 Å². The highest BCUT2D eigenvalue weighted by Gasteiger charge is 2.12. The number of rotatable bonds is 5. The van der Waals surface area contributed by atoms with Gasteiger partial charge in [0, 0.05) is 20.5 Å². The summed E-state index contributed by atoms with van der Waals surface area (Å²) in [5.74, 6) is -0.271. The lowest BCUT2D eigenvalue weighted by atomic mass is 10.1. The minimum atomic E-state index is -0.682. The van der Waals surface area contributed by atoms with Crippen LogP contribution in [0.25, 0.3) is 0 Å². The smallest absolute Gasteiger partial charge is 0.412 e. The Morgan fingerprint density at radius 3 is 2.35 bits per heavy atom. The molecule has 1 aromatic carbocycles. The lowest BCUT2D eigenvalue weighted by Gasteiger charge is -2.11. The van der Waals surface area contributed by atoms with Crippen molar-refractivity contribution in [3.63, 3.8) is 0 Å². The fraction of sp³-hybridized carbons (Fsp3) is 0.357. The van der Waals surface area contributed by atoms with Gasteiger partial charge in [0.05, 0.1) is 7.11 Å². The summed E-state index contributed by atoms with van der Waals surface area (Å²) in [6.45, 7) is 1.59. The zero-order chi connectivity index (χ0) is 16.5. The normalized spacial score (nSPS) is 9.17. The van der Waals surface area contributed by atoms with Gasteiger partial charge in [0.2, 0.25) is 0 Å². The van der Waals surface area contributed by atoms with Crippen LogP contribution in [0.5, 0.6) is 11.5 Å². The number of amides is 2. The van der Waals surface area contributed by atoms with Gasteiger partial charge in [0.15, 0.2) is 11.5 Å². The molecule has 9 heteroatoms. The van der Waals surface area contributed by atoms with E-state index in [0.29, 0.717) is 13.0 Å². The highest BCUT2D eigenvalue weighted by Crippen LogP contribution is 2.29. The van der Waals surface area contributed by atoms with Crippen LogP contribution in [-0.4, -0.2) is 38.9 Å². The number of alkyl carbamates (subject to hydrolysis) is 1. The summed E-state index contributed by atoms with van der Waals surface area (Å²) < 4.78 is 14.5. The first-order valence-corrected chi connectivity index (χ1v) is 6.49. The van der Waals surface area contributed by atoms with Gasteiger partial charge in [-0.25, -0.2) is 9.59 Å². The molecule has 23 heavy (non-hydrogen) atoms. The van der Waals surface area contributed by atoms with Crippen molar-refractivity contribution in [2.45, 2.75) is 13.3 Å². The summed E-state index contributed by atoms with van der Waals surface area (Å²) in [4.78, 5) is 33.3. The maximum Gasteiger partial charge on any atom is 0.412 e. The Bertz CT molecular complexity index is 564. The van der Waals surface area contributed by atoms with Gasteiger partial charge >= 0.3 is 18.2 Å². The van der Waals surface area contributed by atoms with E-state index in [4.69, 9.17) is 9.47 Å². The third-order valence-corrected chi connectivity index (χ3v) is 2.54. The average molecular weight is 347 g/mol. The van der Waals surface area contributed by atoms with Crippen molar-refractivity contribution in [3.05, 3.63) is 23.8 Å². The second kappa shape index (κ2) is 10.3. The number of nitrogens with one attached hydrogen (secondary N) is 2. The van der Waals surface area contributed by atoms with Crippen LogP contribution in [0.15, 0.2) is 18.2 Å². The zero-order valence-electron chi connectivity index (χ0n) is 13.0. The third kappa shape index (κ3) is 7.37. The van der Waals surface area contributed by atoms with Crippen LogP contribution in [-0.2, 0) is 16.0 Å². The van der Waals surface area contributed by atoms with E-state index >= 15 is 0 Å². The molecule has 0 saturated carbocycles. The van der Waals surface area contributed by atoms with Crippen LogP contribution in [0.2, 0.25) is 0 Å². The fourth-order valence-electron chi connectivity index (χ4n) is 1.56. The zero-order valence-corrected chi connectivity index (χ0v) is 13.8. The molecule has 0 unspecified atom stereocenters. The van der Waals surface area contributed by atoms with Gasteiger partial charge in [-0.1, -0.05) is 6.07 Å². The molecule has 0 radical (unpaired) electrons. The van der Waals surface area contributed by atoms with Crippen LogP contribution >= 0.6 is 12.4 Å². The number of carbonyl (C=O) groups is 3. The van der Waals surface area contributed by atoms with E-state index in [9.17, 15) is 14.4 Å². The SMILES string of the molecule is CNC(=O)Oc1cc(CCNC(=O)OC)ccc1OC(C)=O.Cl. The van der Waals surface area contributed by atoms with Crippen molar-refractivity contribution in [2.75, 3.05) is 20.7 Å². The van der Waals surface area contributed by atoms with Crippen molar-refractivity contribution in [1.29, 1.82) is 0 Å². The van der Waals surface area contributed by atoms with Crippen molar-refractivity contribution in [3.8, 4) is 11.5 Å². The lowest BCUT2D eigenvalue weighted by Crippen LogP contribution is -2.25. The van der Waals surface area contributed by atoms with Crippen LogP contribution in [0.3, 0.4) is 0 Å². The average Bonchev–Trinajstić information content (AvgIpc) is 2.48. The molecule has 8 nitrogen and oxygen atoms in total. The highest BCUT2D eigenvalue weighted by atomic mass is 35.5. The molecule has 1 rings (SSSR count). The molecule has 0 aliphatic heterocycles. The van der Waals surface area contributed by atoms with Crippen LogP contribution in [0.4, 0.5) is 9.59 Å². The third-order valence-electron chi connectivity index (χ3n) is 2.54. The molecule has 128 valence electrons. The monoisotopic (exact) mass is 346 g/mol. The second-order valence-corrected chi connectivity index (χ2v) is 4.18. The van der Waals surface area contributed by atoms with Gasteiger partial charge < -0.3 is 24.8 Å². The second-order valence-electron chi connectivity index (χ2n) is 4.18. The Morgan fingerprint density at radius 1 is 1.09 bits per heavy atom. The molecule has 0 saturated heterocycles. The first kappa shape index (κ1) is 20.5. The van der Waals surface area contributed by atoms with Gasteiger partial charge in [-0.15, -0.1) is 12.4 Å². The maximum absolute atomic E-state index is 11.3. The standard InChI is InChI=1S/C14H18N2O6.ClH/c1-9(17)21-11-5-4-10(6-7-16-14(19)20-3)8-12(11)22-13(18)15-2;/h4-5,8H,6-7H2,1-3H3,(H,15,18)(H,16,19);1H. The molecule has 0 aromatic heterocycles. The Balaban J connectivity index is 0.00000484. The molecule has 2 N–H and O–H groups in total. The molecule has 0 fully saturated rings. The van der Waals surface area contributed by atoms with Crippen molar-refractivity contribution >= 4 is 30.6 Å². The summed E-state index contributed by atoms with van der Waals surface area (Å²) >= 11 is 0. The molecular formula is C14H19ClN2O6. The summed E-state index contributed by atoms with van der Waals surface area (Å²) in [6, 6.07) is 4.79. The molecule has 0 aliphatic rings. The summed E-state index contributed by atoms with van der Waals surface area (Å²) in [6.07, 6.45) is -0.726. The molecular weight excluding hydrogens is 328 g/mol. The lowest BCUT2D eigenvalue weighted by molar-refractivity contribution is -0.132. The number of ether oxygens (including phenoxy) is 3. The molecule has 0 spiro atoms. The fourth-order valence-corrected chi connectivity index (χ4v) is 1.56. The van der Waals surface area contributed by atoms with Crippen molar-refractivity contribution in [2.24, 2.45) is 0 Å². The number of methoxy groups -OCH3 is 1. The van der Waals surface area contributed by atoms with Gasteiger partial charge in [-0.3, -0.25) is 4.79 Å². The Hall–Kier alpha value is -2.48. The maximum atomic E-state index is 11.3. The van der Waals surface area contributed by atoms with Gasteiger partial charge in [0.1, 0.15) is 0 Å². The number of halogens is 1.